The summed E-state index contributed by atoms with van der Waals surface area (Å²) in [6.45, 7) is 2.95. The number of amides is 1. The van der Waals surface area contributed by atoms with Crippen molar-refractivity contribution in [3.63, 3.8) is 0 Å². The van der Waals surface area contributed by atoms with E-state index in [4.69, 9.17) is 4.74 Å². The SMILES string of the molecule is C[C@]12CCC(=O)N1[C@H]1CCCC[C@@H]1CO2. The van der Waals surface area contributed by atoms with E-state index in [1.54, 1.807) is 0 Å². The first-order valence-electron chi connectivity index (χ1n) is 6.17. The van der Waals surface area contributed by atoms with E-state index in [1.165, 1.54) is 25.7 Å². The normalized spacial score (nSPS) is 45.1. The molecule has 0 spiro atoms. The second-order valence-corrected chi connectivity index (χ2v) is 5.36. The summed E-state index contributed by atoms with van der Waals surface area (Å²) >= 11 is 0. The van der Waals surface area contributed by atoms with Crippen LogP contribution in [0.5, 0.6) is 0 Å². The molecule has 0 N–H and O–H groups in total. The third-order valence-electron chi connectivity index (χ3n) is 4.39. The summed E-state index contributed by atoms with van der Waals surface area (Å²) in [7, 11) is 0. The smallest absolute Gasteiger partial charge is 0.225 e. The average Bonchev–Trinajstić information content (AvgIpc) is 2.56. The molecule has 0 radical (unpaired) electrons. The van der Waals surface area contributed by atoms with Gasteiger partial charge in [-0.05, 0) is 19.8 Å². The quantitative estimate of drug-likeness (QED) is 0.610. The number of carbonyl (C=O) groups is 1. The van der Waals surface area contributed by atoms with Crippen LogP contribution in [0, 0.1) is 5.92 Å². The molecule has 3 fully saturated rings. The summed E-state index contributed by atoms with van der Waals surface area (Å²) in [5, 5.41) is 0. The van der Waals surface area contributed by atoms with Crippen molar-refractivity contribution in [3.05, 3.63) is 0 Å². The van der Waals surface area contributed by atoms with Crippen molar-refractivity contribution >= 4 is 5.91 Å². The minimum atomic E-state index is -0.268. The molecular weight excluding hydrogens is 190 g/mol. The first kappa shape index (κ1) is 9.64. The Morgan fingerprint density at radius 3 is 3.07 bits per heavy atom. The summed E-state index contributed by atoms with van der Waals surface area (Å²) in [5.74, 6) is 0.919. The third kappa shape index (κ3) is 1.32. The maximum absolute atomic E-state index is 11.9. The van der Waals surface area contributed by atoms with Gasteiger partial charge in [0.05, 0.1) is 6.61 Å². The predicted molar refractivity (Wildman–Crippen MR) is 56.2 cm³/mol. The fourth-order valence-corrected chi connectivity index (χ4v) is 3.53. The molecule has 0 unspecified atom stereocenters. The van der Waals surface area contributed by atoms with Gasteiger partial charge in [0.25, 0.3) is 0 Å². The lowest BCUT2D eigenvalue weighted by molar-refractivity contribution is -0.207. The van der Waals surface area contributed by atoms with E-state index < -0.39 is 0 Å². The third-order valence-corrected chi connectivity index (χ3v) is 4.39. The molecule has 0 bridgehead atoms. The molecule has 3 rings (SSSR count). The number of carbonyl (C=O) groups excluding carboxylic acids is 1. The Morgan fingerprint density at radius 2 is 2.20 bits per heavy atom. The Hall–Kier alpha value is -0.570. The van der Waals surface area contributed by atoms with E-state index in [2.05, 4.69) is 11.8 Å². The molecule has 2 heterocycles. The summed E-state index contributed by atoms with van der Waals surface area (Å²) in [6, 6.07) is 0.479. The van der Waals surface area contributed by atoms with Gasteiger partial charge < -0.3 is 9.64 Å². The van der Waals surface area contributed by atoms with Crippen molar-refractivity contribution in [2.24, 2.45) is 5.92 Å². The fraction of sp³-hybridized carbons (Fsp3) is 0.917. The van der Waals surface area contributed by atoms with E-state index in [1.807, 2.05) is 0 Å². The van der Waals surface area contributed by atoms with Crippen molar-refractivity contribution in [1.82, 2.24) is 4.90 Å². The van der Waals surface area contributed by atoms with Crippen LogP contribution in [0.25, 0.3) is 0 Å². The summed E-state index contributed by atoms with van der Waals surface area (Å²) in [5.41, 5.74) is -0.268. The largest absolute Gasteiger partial charge is 0.355 e. The standard InChI is InChI=1S/C12H19NO2/c1-12-7-6-11(14)13(12)10-5-3-2-4-9(10)8-15-12/h9-10H,2-8H2,1H3/t9-,10+,12+/m1/s1. The molecule has 3 aliphatic rings. The Kier molecular flexibility index (Phi) is 2.06. The lowest BCUT2D eigenvalue weighted by Crippen LogP contribution is -2.59. The molecule has 3 nitrogen and oxygen atoms in total. The van der Waals surface area contributed by atoms with Gasteiger partial charge in [-0.2, -0.15) is 0 Å². The second-order valence-electron chi connectivity index (χ2n) is 5.36. The first-order valence-corrected chi connectivity index (χ1v) is 6.17. The summed E-state index contributed by atoms with van der Waals surface area (Å²) in [6.07, 6.45) is 6.58. The molecule has 0 aromatic heterocycles. The highest BCUT2D eigenvalue weighted by molar-refractivity contribution is 5.79. The fourth-order valence-electron chi connectivity index (χ4n) is 3.53. The Bertz CT molecular complexity index is 291. The van der Waals surface area contributed by atoms with Crippen LogP contribution in [0.15, 0.2) is 0 Å². The number of hydrogen-bond acceptors (Lipinski definition) is 2. The number of nitrogens with zero attached hydrogens (tertiary/aromatic N) is 1. The van der Waals surface area contributed by atoms with Crippen LogP contribution in [-0.4, -0.2) is 29.2 Å². The van der Waals surface area contributed by atoms with Gasteiger partial charge in [0.15, 0.2) is 0 Å². The Labute approximate surface area is 90.8 Å². The van der Waals surface area contributed by atoms with E-state index in [0.717, 1.165) is 13.0 Å². The molecule has 0 aromatic carbocycles. The van der Waals surface area contributed by atoms with E-state index in [0.29, 0.717) is 24.3 Å². The Balaban J connectivity index is 1.90. The molecule has 15 heavy (non-hydrogen) atoms. The van der Waals surface area contributed by atoms with Crippen LogP contribution in [-0.2, 0) is 9.53 Å². The van der Waals surface area contributed by atoms with Crippen molar-refractivity contribution in [3.8, 4) is 0 Å². The van der Waals surface area contributed by atoms with Gasteiger partial charge in [0.2, 0.25) is 5.91 Å². The van der Waals surface area contributed by atoms with Gasteiger partial charge in [-0.25, -0.2) is 0 Å². The monoisotopic (exact) mass is 209 g/mol. The van der Waals surface area contributed by atoms with Gasteiger partial charge in [-0.15, -0.1) is 0 Å². The number of ether oxygens (including phenoxy) is 1. The van der Waals surface area contributed by atoms with Crippen LogP contribution in [0.2, 0.25) is 0 Å². The zero-order chi connectivity index (χ0) is 10.5. The first-order chi connectivity index (χ1) is 7.21. The zero-order valence-corrected chi connectivity index (χ0v) is 9.37. The molecule has 1 saturated carbocycles. The van der Waals surface area contributed by atoms with E-state index in [-0.39, 0.29) is 5.72 Å². The molecular formula is C12H19NO2. The number of rotatable bonds is 0. The maximum Gasteiger partial charge on any atom is 0.225 e. The minimum Gasteiger partial charge on any atom is -0.355 e. The zero-order valence-electron chi connectivity index (χ0n) is 9.37. The topological polar surface area (TPSA) is 29.5 Å². The molecule has 2 aliphatic heterocycles. The molecule has 84 valence electrons. The van der Waals surface area contributed by atoms with Crippen molar-refractivity contribution in [1.29, 1.82) is 0 Å². The highest BCUT2D eigenvalue weighted by atomic mass is 16.5. The summed E-state index contributed by atoms with van der Waals surface area (Å²) < 4.78 is 5.93. The van der Waals surface area contributed by atoms with Crippen LogP contribution in [0.4, 0.5) is 0 Å². The molecule has 0 aromatic rings. The van der Waals surface area contributed by atoms with Crippen LogP contribution < -0.4 is 0 Å². The van der Waals surface area contributed by atoms with Crippen molar-refractivity contribution < 1.29 is 9.53 Å². The van der Waals surface area contributed by atoms with Gasteiger partial charge in [-0.1, -0.05) is 12.8 Å². The van der Waals surface area contributed by atoms with Crippen molar-refractivity contribution in [2.75, 3.05) is 6.61 Å². The highest BCUT2D eigenvalue weighted by Gasteiger charge is 2.51. The van der Waals surface area contributed by atoms with Crippen LogP contribution >= 0.6 is 0 Å². The minimum absolute atomic E-state index is 0.268. The molecule has 1 aliphatic carbocycles. The predicted octanol–water partition coefficient (Wildman–Crippen LogP) is 1.91. The van der Waals surface area contributed by atoms with Gasteiger partial charge in [0.1, 0.15) is 5.72 Å². The lowest BCUT2D eigenvalue weighted by atomic mass is 9.82. The molecule has 3 atom stereocenters. The highest BCUT2D eigenvalue weighted by Crippen LogP contribution is 2.43. The summed E-state index contributed by atoms with van der Waals surface area (Å²) in [4.78, 5) is 14.0. The van der Waals surface area contributed by atoms with Gasteiger partial charge in [0, 0.05) is 24.8 Å². The lowest BCUT2D eigenvalue weighted by Gasteiger charge is -2.50. The van der Waals surface area contributed by atoms with Crippen LogP contribution in [0.3, 0.4) is 0 Å². The maximum atomic E-state index is 11.9. The number of hydrogen-bond donors (Lipinski definition) is 0. The van der Waals surface area contributed by atoms with Gasteiger partial charge >= 0.3 is 0 Å². The average molecular weight is 209 g/mol. The second kappa shape index (κ2) is 3.21. The number of fused-ring (bicyclic) bond motifs is 3. The van der Waals surface area contributed by atoms with Gasteiger partial charge in [-0.3, -0.25) is 4.79 Å². The Morgan fingerprint density at radius 1 is 1.40 bits per heavy atom. The van der Waals surface area contributed by atoms with Crippen LogP contribution in [0.1, 0.15) is 45.4 Å². The van der Waals surface area contributed by atoms with E-state index in [9.17, 15) is 4.79 Å². The molecule has 1 amide bonds. The van der Waals surface area contributed by atoms with Crippen molar-refractivity contribution in [2.45, 2.75) is 57.2 Å². The van der Waals surface area contributed by atoms with E-state index >= 15 is 0 Å². The molecule has 3 heteroatoms. The molecule has 2 saturated heterocycles.